The molecule has 0 saturated carbocycles. The Kier molecular flexibility index (Phi) is 3.96. The molecule has 0 aliphatic heterocycles. The van der Waals surface area contributed by atoms with Gasteiger partial charge in [-0.1, -0.05) is 6.07 Å². The normalized spacial score (nSPS) is 11.4. The number of aromatic nitrogens is 1. The van der Waals surface area contributed by atoms with Crippen LogP contribution in [-0.2, 0) is 5.54 Å². The maximum Gasteiger partial charge on any atom is 0.252 e. The number of carbonyl (C=O) groups is 1. The maximum atomic E-state index is 12.4. The highest BCUT2D eigenvalue weighted by Gasteiger charge is 2.26. The lowest BCUT2D eigenvalue weighted by atomic mass is 10.0. The molecule has 1 amide bonds. The number of hydrogen-bond acceptors (Lipinski definition) is 4. The van der Waals surface area contributed by atoms with Crippen LogP contribution in [0.15, 0.2) is 34.7 Å². The van der Waals surface area contributed by atoms with Gasteiger partial charge in [-0.3, -0.25) is 4.79 Å². The molecule has 1 N–H and O–H groups in total. The molecular weight excluding hydrogens is 276 g/mol. The first-order valence-electron chi connectivity index (χ1n) is 5.92. The van der Waals surface area contributed by atoms with Gasteiger partial charge in [0.25, 0.3) is 5.91 Å². The van der Waals surface area contributed by atoms with Crippen LogP contribution < -0.4 is 5.32 Å². The molecule has 0 aliphatic carbocycles. The largest absolute Gasteiger partial charge is 0.341 e. The fraction of sp³-hybridized carbons (Fsp3) is 0.286. The van der Waals surface area contributed by atoms with Gasteiger partial charge in [0.1, 0.15) is 5.01 Å². The van der Waals surface area contributed by atoms with Crippen LogP contribution >= 0.6 is 24.0 Å². The van der Waals surface area contributed by atoms with E-state index < -0.39 is 5.54 Å². The van der Waals surface area contributed by atoms with E-state index in [-0.39, 0.29) is 5.91 Å². The molecule has 0 saturated heterocycles. The standard InChI is InChI=1S/C14H16N2OS2/c1-9-4-5-10(18)8-11(9)12(17)16-14(2,3)13-15-6-7-19-13/h4-8,18H,1-3H3,(H,16,17). The molecule has 0 atom stereocenters. The maximum absolute atomic E-state index is 12.4. The van der Waals surface area contributed by atoms with Crippen LogP contribution in [-0.4, -0.2) is 10.9 Å². The summed E-state index contributed by atoms with van der Waals surface area (Å²) < 4.78 is 0. The average molecular weight is 292 g/mol. The Morgan fingerprint density at radius 3 is 2.79 bits per heavy atom. The summed E-state index contributed by atoms with van der Waals surface area (Å²) in [5.41, 5.74) is 1.10. The zero-order chi connectivity index (χ0) is 14.0. The van der Waals surface area contributed by atoms with E-state index in [1.54, 1.807) is 12.3 Å². The number of thiazole rings is 1. The number of carbonyl (C=O) groups excluding carboxylic acids is 1. The third-order valence-electron chi connectivity index (χ3n) is 2.86. The molecule has 3 nitrogen and oxygen atoms in total. The molecule has 0 bridgehead atoms. The summed E-state index contributed by atoms with van der Waals surface area (Å²) in [7, 11) is 0. The molecule has 0 spiro atoms. The fourth-order valence-electron chi connectivity index (χ4n) is 1.79. The first-order valence-corrected chi connectivity index (χ1v) is 7.25. The molecule has 0 radical (unpaired) electrons. The molecule has 2 rings (SSSR count). The van der Waals surface area contributed by atoms with Gasteiger partial charge in [0, 0.05) is 22.0 Å². The molecule has 19 heavy (non-hydrogen) atoms. The van der Waals surface area contributed by atoms with Gasteiger partial charge < -0.3 is 5.32 Å². The first kappa shape index (κ1) is 14.1. The molecule has 0 aliphatic rings. The van der Waals surface area contributed by atoms with Gasteiger partial charge in [-0.15, -0.1) is 24.0 Å². The highest BCUT2D eigenvalue weighted by molar-refractivity contribution is 7.80. The van der Waals surface area contributed by atoms with Crippen LogP contribution in [0.1, 0.15) is 34.8 Å². The van der Waals surface area contributed by atoms with Crippen molar-refractivity contribution < 1.29 is 4.79 Å². The second kappa shape index (κ2) is 5.35. The van der Waals surface area contributed by atoms with Gasteiger partial charge in [-0.25, -0.2) is 4.98 Å². The number of hydrogen-bond donors (Lipinski definition) is 2. The number of aryl methyl sites for hydroxylation is 1. The topological polar surface area (TPSA) is 42.0 Å². The molecule has 100 valence electrons. The summed E-state index contributed by atoms with van der Waals surface area (Å²) in [6.45, 7) is 5.81. The lowest BCUT2D eigenvalue weighted by molar-refractivity contribution is 0.0911. The molecule has 2 aromatic rings. The second-order valence-corrected chi connectivity index (χ2v) is 6.33. The Balaban J connectivity index is 2.24. The van der Waals surface area contributed by atoms with E-state index in [0.29, 0.717) is 5.56 Å². The van der Waals surface area contributed by atoms with Crippen LogP contribution in [0, 0.1) is 6.92 Å². The van der Waals surface area contributed by atoms with Crippen molar-refractivity contribution in [3.8, 4) is 0 Å². The molecule has 1 aromatic heterocycles. The summed E-state index contributed by atoms with van der Waals surface area (Å²) in [5.74, 6) is -0.103. The first-order chi connectivity index (χ1) is 8.90. The van der Waals surface area contributed by atoms with E-state index in [2.05, 4.69) is 22.9 Å². The van der Waals surface area contributed by atoms with Crippen LogP contribution in [0.5, 0.6) is 0 Å². The zero-order valence-corrected chi connectivity index (χ0v) is 12.8. The average Bonchev–Trinajstić information content (AvgIpc) is 2.86. The molecule has 1 heterocycles. The number of thiol groups is 1. The molecule has 0 unspecified atom stereocenters. The Morgan fingerprint density at radius 1 is 1.42 bits per heavy atom. The molecular formula is C14H16N2OS2. The van der Waals surface area contributed by atoms with Crippen molar-refractivity contribution in [2.45, 2.75) is 31.2 Å². The smallest absolute Gasteiger partial charge is 0.252 e. The van der Waals surface area contributed by atoms with Crippen molar-refractivity contribution in [3.05, 3.63) is 45.9 Å². The Hall–Kier alpha value is -1.33. The van der Waals surface area contributed by atoms with E-state index in [0.717, 1.165) is 15.5 Å². The Bertz CT molecular complexity index is 591. The number of benzene rings is 1. The van der Waals surface area contributed by atoms with E-state index in [1.165, 1.54) is 11.3 Å². The van der Waals surface area contributed by atoms with E-state index in [9.17, 15) is 4.79 Å². The minimum Gasteiger partial charge on any atom is -0.341 e. The van der Waals surface area contributed by atoms with Gasteiger partial charge in [0.2, 0.25) is 0 Å². The zero-order valence-electron chi connectivity index (χ0n) is 11.1. The predicted octanol–water partition coefficient (Wildman–Crippen LogP) is 3.41. The minimum atomic E-state index is -0.482. The molecule has 5 heteroatoms. The van der Waals surface area contributed by atoms with Crippen molar-refractivity contribution in [1.29, 1.82) is 0 Å². The predicted molar refractivity (Wildman–Crippen MR) is 81.0 cm³/mol. The molecule has 0 fully saturated rings. The van der Waals surface area contributed by atoms with Gasteiger partial charge in [0.05, 0.1) is 5.54 Å². The minimum absolute atomic E-state index is 0.103. The van der Waals surface area contributed by atoms with Crippen molar-refractivity contribution in [2.24, 2.45) is 0 Å². The summed E-state index contributed by atoms with van der Waals surface area (Å²) in [6.07, 6.45) is 1.74. The van der Waals surface area contributed by atoms with Gasteiger partial charge in [0.15, 0.2) is 0 Å². The van der Waals surface area contributed by atoms with Gasteiger partial charge in [-0.2, -0.15) is 0 Å². The van der Waals surface area contributed by atoms with Crippen molar-refractivity contribution in [3.63, 3.8) is 0 Å². The Morgan fingerprint density at radius 2 is 2.16 bits per heavy atom. The van der Waals surface area contributed by atoms with Crippen molar-refractivity contribution >= 4 is 29.9 Å². The van der Waals surface area contributed by atoms with E-state index >= 15 is 0 Å². The van der Waals surface area contributed by atoms with Crippen LogP contribution in [0.4, 0.5) is 0 Å². The summed E-state index contributed by atoms with van der Waals surface area (Å²) in [4.78, 5) is 17.4. The summed E-state index contributed by atoms with van der Waals surface area (Å²) >= 11 is 5.81. The quantitative estimate of drug-likeness (QED) is 0.851. The summed E-state index contributed by atoms with van der Waals surface area (Å²) in [6, 6.07) is 5.56. The SMILES string of the molecule is Cc1ccc(S)cc1C(=O)NC(C)(C)c1nccs1. The number of amides is 1. The van der Waals surface area contributed by atoms with Gasteiger partial charge in [-0.05, 0) is 38.5 Å². The number of rotatable bonds is 3. The van der Waals surface area contributed by atoms with E-state index in [1.807, 2.05) is 38.3 Å². The van der Waals surface area contributed by atoms with Gasteiger partial charge >= 0.3 is 0 Å². The second-order valence-electron chi connectivity index (χ2n) is 4.92. The lowest BCUT2D eigenvalue weighted by Crippen LogP contribution is -2.41. The third-order valence-corrected chi connectivity index (χ3v) is 4.23. The summed E-state index contributed by atoms with van der Waals surface area (Å²) in [5, 5.41) is 5.81. The van der Waals surface area contributed by atoms with Crippen LogP contribution in [0.3, 0.4) is 0 Å². The highest BCUT2D eigenvalue weighted by atomic mass is 32.1. The van der Waals surface area contributed by atoms with Crippen molar-refractivity contribution in [1.82, 2.24) is 10.3 Å². The van der Waals surface area contributed by atoms with Crippen LogP contribution in [0.25, 0.3) is 0 Å². The highest BCUT2D eigenvalue weighted by Crippen LogP contribution is 2.23. The van der Waals surface area contributed by atoms with Crippen LogP contribution in [0.2, 0.25) is 0 Å². The number of nitrogens with zero attached hydrogens (tertiary/aromatic N) is 1. The van der Waals surface area contributed by atoms with Crippen molar-refractivity contribution in [2.75, 3.05) is 0 Å². The van der Waals surface area contributed by atoms with E-state index in [4.69, 9.17) is 0 Å². The molecule has 1 aromatic carbocycles. The Labute approximate surface area is 122 Å². The lowest BCUT2D eigenvalue weighted by Gasteiger charge is -2.24. The monoisotopic (exact) mass is 292 g/mol. The third kappa shape index (κ3) is 3.16. The fourth-order valence-corrected chi connectivity index (χ4v) is 2.71. The number of nitrogens with one attached hydrogen (secondary N) is 1.